The topological polar surface area (TPSA) is 0 Å². The van der Waals surface area contributed by atoms with Crippen LogP contribution in [0.5, 0.6) is 0 Å². The molecule has 0 nitrogen and oxygen atoms in total. The SMILES string of the molecule is CCC1C2CC3CC(C2)CC1C3.CCC1CC2CCC1C2.CCC1CCCCC1.[2H]C1([2H])C(C)C([2H])([2H])C([2H])([2H])C([2H])([2H])C1([2H])[2H].[2H]C1([2H])C(C)C([2H])([2H])C([2H])([2H])C1([2H])[2H].[2H]C1([2H])C(CC)C([2H])([2H])C([2H])([2H])C([2H])([2H])C1([2H])[2H].[2H]C1([2H])C(CC)C([2H])([2H])C([2H])([2H])C1([2H])[2H]. The van der Waals surface area contributed by atoms with Crippen molar-refractivity contribution in [3.8, 4) is 0 Å². The molecule has 0 aromatic rings. The third-order valence-electron chi connectivity index (χ3n) is 13.9. The highest BCUT2D eigenvalue weighted by Gasteiger charge is 2.47. The van der Waals surface area contributed by atoms with Crippen LogP contribution in [0.3, 0.4) is 0 Å². The molecule has 0 aromatic heterocycles. The summed E-state index contributed by atoms with van der Waals surface area (Å²) < 4.78 is 271. The molecular weight excluding hydrogens is 685 g/mol. The maximum atomic E-state index is 7.72. The van der Waals surface area contributed by atoms with E-state index in [1.807, 2.05) is 0 Å². The molecule has 0 radical (unpaired) electrons. The van der Waals surface area contributed by atoms with Crippen LogP contribution in [0.15, 0.2) is 0 Å². The minimum Gasteiger partial charge on any atom is -0.0651 e. The van der Waals surface area contributed by atoms with E-state index in [0.717, 1.165) is 60.2 Å². The zero-order chi connectivity index (χ0) is 72.9. The summed E-state index contributed by atoms with van der Waals surface area (Å²) in [5.41, 5.74) is 0. The van der Waals surface area contributed by atoms with Gasteiger partial charge in [0, 0.05) is 49.3 Å². The van der Waals surface area contributed by atoms with Gasteiger partial charge >= 0.3 is 0 Å². The second-order valence-electron chi connectivity index (χ2n) is 18.0. The molecule has 0 N–H and O–H groups in total. The van der Waals surface area contributed by atoms with Crippen LogP contribution in [0.4, 0.5) is 0 Å². The first-order valence-electron chi connectivity index (χ1n) is 41.4. The monoisotopic (exact) mass is 829 g/mol. The lowest BCUT2D eigenvalue weighted by atomic mass is 9.51. The first kappa shape index (κ1) is 19.4. The van der Waals surface area contributed by atoms with E-state index in [9.17, 15) is 0 Å². The minimum atomic E-state index is -3.27. The third kappa shape index (κ3) is 18.9. The van der Waals surface area contributed by atoms with E-state index in [0.29, 0.717) is 0 Å². The van der Waals surface area contributed by atoms with Crippen LogP contribution < -0.4 is 0 Å². The standard InChI is InChI=1S/C12H20.C9H16.2C8H16.2C7H14.C6H12/c1-2-12-10-4-8-3-9(6-10)7-11(12)5-8;1-2-8-5-7-3-4-9(8)6-7;2*1-2-8-6-4-3-5-7-8;1-7-5-3-2-4-6-7;1-2-7-5-3-4-6-7;1-6-4-2-3-5-6/h8-12H,2-7H2,1H3;7-9H,2-6H2,1H3;2*8H,2-7H2,1H3;2*7H,2-6H2,1H3;6H,2-5H2,1H3/i;;3D2,4D2,5D2,6D2,7D2;;2D2,3D2,4D2,5D2,6D2;3D2,4D2,5D2,6D2;2D2,3D2,4D2,5D2. The summed E-state index contributed by atoms with van der Waals surface area (Å²) in [6.45, 7) is 12.3. The van der Waals surface area contributed by atoms with Crippen molar-refractivity contribution in [3.63, 3.8) is 0 Å². The van der Waals surface area contributed by atoms with Crippen LogP contribution in [0.2, 0.25) is 0 Å². The molecule has 11 aliphatic carbocycles. The van der Waals surface area contributed by atoms with Crippen molar-refractivity contribution in [2.45, 2.75) is 285 Å². The largest absolute Gasteiger partial charge is 0.0651 e. The fourth-order valence-electron chi connectivity index (χ4n) is 10.9. The molecule has 0 aromatic carbocycles. The Hall–Kier alpha value is 0. The van der Waals surface area contributed by atoms with E-state index in [-0.39, 0.29) is 12.8 Å². The molecule has 0 aliphatic heterocycles. The Bertz CT molecular complexity index is 2320. The Labute approximate surface area is 412 Å². The fraction of sp³-hybridized carbons (Fsp3) is 1.00. The quantitative estimate of drug-likeness (QED) is 0.259. The molecule has 0 saturated heterocycles. The molecule has 11 fully saturated rings. The molecule has 0 amide bonds. The third-order valence-corrected chi connectivity index (χ3v) is 13.9. The Morgan fingerprint density at radius 3 is 1.11 bits per heavy atom. The van der Waals surface area contributed by atoms with Crippen molar-refractivity contribution in [1.29, 1.82) is 0 Å². The van der Waals surface area contributed by atoms with Crippen LogP contribution in [0, 0.1) is 76.9 Å². The van der Waals surface area contributed by atoms with Gasteiger partial charge in [0.2, 0.25) is 0 Å². The van der Waals surface area contributed by atoms with E-state index in [1.165, 1.54) is 72.1 Å². The van der Waals surface area contributed by atoms with Crippen molar-refractivity contribution >= 4 is 0 Å². The summed E-state index contributed by atoms with van der Waals surface area (Å²) in [5, 5.41) is 0. The molecule has 11 saturated carbocycles. The maximum absolute atomic E-state index is 7.72. The van der Waals surface area contributed by atoms with Gasteiger partial charge in [-0.15, -0.1) is 0 Å². The summed E-state index contributed by atoms with van der Waals surface area (Å²) in [7, 11) is 0. The van der Waals surface area contributed by atoms with Gasteiger partial charge in [-0.25, -0.2) is 0 Å². The lowest BCUT2D eigenvalue weighted by molar-refractivity contribution is -0.0376. The average molecular weight is 830 g/mol. The van der Waals surface area contributed by atoms with E-state index in [4.69, 9.17) is 49.3 Å². The molecule has 3 atom stereocenters. The first-order chi connectivity index (χ1) is 41.4. The second-order valence-corrected chi connectivity index (χ2v) is 18.0. The summed E-state index contributed by atoms with van der Waals surface area (Å²) in [6.07, 6.45) is -25.3. The fourth-order valence-corrected chi connectivity index (χ4v) is 10.9. The van der Waals surface area contributed by atoms with Crippen LogP contribution in [0.1, 0.15) is 335 Å². The van der Waals surface area contributed by atoms with Gasteiger partial charge in [0.05, 0.1) is 0 Å². The highest BCUT2D eigenvalue weighted by atomic mass is 14.5. The Morgan fingerprint density at radius 1 is 0.351 bits per heavy atom. The molecule has 57 heavy (non-hydrogen) atoms. The van der Waals surface area contributed by atoms with Crippen molar-refractivity contribution in [2.75, 3.05) is 0 Å². The van der Waals surface area contributed by atoms with Crippen molar-refractivity contribution in [2.24, 2.45) is 76.9 Å². The van der Waals surface area contributed by atoms with Gasteiger partial charge in [0.1, 0.15) is 0 Å². The van der Waals surface area contributed by atoms with Gasteiger partial charge in [-0.05, 0) is 128 Å². The average Bonchev–Trinajstić information content (AvgIpc) is 1.63. The summed E-state index contributed by atoms with van der Waals surface area (Å²) in [6, 6.07) is 0. The summed E-state index contributed by atoms with van der Waals surface area (Å²) >= 11 is 0. The molecule has 6 bridgehead atoms. The normalized spacial score (nSPS) is 60.1. The van der Waals surface area contributed by atoms with E-state index in [2.05, 4.69) is 20.8 Å². The molecule has 11 rings (SSSR count). The predicted molar refractivity (Wildman–Crippen MR) is 256 cm³/mol. The number of rotatable bonds is 5. The van der Waals surface area contributed by atoms with Gasteiger partial charge < -0.3 is 0 Å². The van der Waals surface area contributed by atoms with Crippen LogP contribution in [-0.2, 0) is 0 Å². The molecule has 0 heterocycles. The van der Waals surface area contributed by atoms with Gasteiger partial charge in [-0.2, -0.15) is 0 Å². The molecule has 11 aliphatic rings. The van der Waals surface area contributed by atoms with Gasteiger partial charge in [-0.3, -0.25) is 0 Å². The summed E-state index contributed by atoms with van der Waals surface area (Å²) in [5.74, 6) is 4.55. The number of hydrogen-bond donors (Lipinski definition) is 0. The van der Waals surface area contributed by atoms with Gasteiger partial charge in [0.25, 0.3) is 0 Å². The van der Waals surface area contributed by atoms with E-state index < -0.39 is 138 Å². The number of fused-ring (bicyclic) bond motifs is 2. The van der Waals surface area contributed by atoms with Gasteiger partial charge in [-0.1, -0.05) is 234 Å². The van der Waals surface area contributed by atoms with Crippen molar-refractivity contribution < 1.29 is 49.3 Å². The lowest BCUT2D eigenvalue weighted by Gasteiger charge is -2.54. The Morgan fingerprint density at radius 2 is 0.772 bits per heavy atom. The van der Waals surface area contributed by atoms with Crippen LogP contribution in [-0.4, -0.2) is 0 Å². The molecular formula is C57H108. The van der Waals surface area contributed by atoms with E-state index in [1.54, 1.807) is 57.8 Å². The van der Waals surface area contributed by atoms with Gasteiger partial charge in [0.15, 0.2) is 0 Å². The van der Waals surface area contributed by atoms with E-state index >= 15 is 0 Å². The highest BCUT2D eigenvalue weighted by Crippen LogP contribution is 2.57. The molecule has 336 valence electrons. The molecule has 0 spiro atoms. The maximum Gasteiger partial charge on any atom is 0.0269 e. The lowest BCUT2D eigenvalue weighted by Crippen LogP contribution is -2.44. The van der Waals surface area contributed by atoms with Crippen molar-refractivity contribution in [1.82, 2.24) is 0 Å². The number of hydrogen-bond acceptors (Lipinski definition) is 0. The first-order valence-corrected chi connectivity index (χ1v) is 23.4. The van der Waals surface area contributed by atoms with Crippen LogP contribution >= 0.6 is 0 Å². The molecule has 0 heteroatoms. The Balaban J connectivity index is 0.000000234. The van der Waals surface area contributed by atoms with Crippen molar-refractivity contribution in [3.05, 3.63) is 0 Å². The summed E-state index contributed by atoms with van der Waals surface area (Å²) in [4.78, 5) is 0. The molecule has 3 unspecified atom stereocenters. The minimum absolute atomic E-state index is 0.0685. The van der Waals surface area contributed by atoms with Crippen LogP contribution in [0.25, 0.3) is 0 Å². The zero-order valence-corrected chi connectivity index (χ0v) is 36.9. The predicted octanol–water partition coefficient (Wildman–Crippen LogP) is 19.6. The Kier molecular flexibility index (Phi) is 9.98. The highest BCUT2D eigenvalue weighted by molar-refractivity contribution is 4.97. The smallest absolute Gasteiger partial charge is 0.0269 e. The zero-order valence-electron chi connectivity index (χ0n) is 72.9. The second kappa shape index (κ2) is 29.3.